The average Bonchev–Trinajstić information content (AvgIpc) is 1.77. The van der Waals surface area contributed by atoms with Crippen LogP contribution in [0.3, 0.4) is 0 Å². The van der Waals surface area contributed by atoms with Gasteiger partial charge >= 0.3 is 29.8 Å². The molecule has 3 aliphatic carbocycles. The second-order valence-corrected chi connectivity index (χ2v) is 30.8. The third kappa shape index (κ3) is 22.1. The van der Waals surface area contributed by atoms with E-state index in [0.717, 1.165) is 95.2 Å². The lowest BCUT2D eigenvalue weighted by Crippen LogP contribution is -2.51. The lowest BCUT2D eigenvalue weighted by molar-refractivity contribution is -0.155. The number of nitrogens with zero attached hydrogens (tertiary/aromatic N) is 2. The quantitative estimate of drug-likeness (QED) is 0.0435. The maximum atomic E-state index is 14.3. The molecule has 6 fully saturated rings. The minimum Gasteiger partial charge on any atom is -0.477 e. The average molecular weight is 1500 g/mol. The Labute approximate surface area is 622 Å². The third-order valence-electron chi connectivity index (χ3n) is 19.7. The molecule has 24 heteroatoms. The molecule has 3 N–H and O–H groups in total. The highest BCUT2D eigenvalue weighted by Gasteiger charge is 2.44. The van der Waals surface area contributed by atoms with E-state index in [4.69, 9.17) is 44.8 Å². The van der Waals surface area contributed by atoms with E-state index in [1.54, 1.807) is 9.80 Å². The van der Waals surface area contributed by atoms with E-state index in [1.807, 2.05) is 109 Å². The van der Waals surface area contributed by atoms with E-state index in [0.29, 0.717) is 123 Å². The summed E-state index contributed by atoms with van der Waals surface area (Å²) in [5, 5.41) is 23.7. The Hall–Kier alpha value is -7.35. The summed E-state index contributed by atoms with van der Waals surface area (Å²) in [5.41, 5.74) is 4.88. The second kappa shape index (κ2) is 39.7. The highest BCUT2D eigenvalue weighted by atomic mass is 35.5. The number of carboxylic acid groups (broad SMARTS) is 1. The number of hydrogen-bond donors (Lipinski definition) is 3. The molecule has 9 atom stereocenters. The van der Waals surface area contributed by atoms with Gasteiger partial charge in [-0.1, -0.05) is 119 Å². The molecule has 6 aliphatic rings. The Bertz CT molecular complexity index is 3750. The van der Waals surface area contributed by atoms with Gasteiger partial charge in [0.1, 0.15) is 26.8 Å². The number of nitrogens with one attached hydrogen (secondary N) is 1. The van der Waals surface area contributed by atoms with Crippen molar-refractivity contribution in [1.29, 1.82) is 0 Å². The molecule has 6 heterocycles. The van der Waals surface area contributed by atoms with Crippen LogP contribution in [0, 0.1) is 35.5 Å². The molecule has 6 aromatic rings. The predicted octanol–water partition coefficient (Wildman–Crippen LogP) is 16.1. The molecule has 103 heavy (non-hydrogen) atoms. The number of carbonyl (C=O) groups excluding carboxylic acids is 7. The standard InChI is InChI=1S/C27H33NO6S.C24H29NO5S.C17H19NO3S.C10H15ClO3.CH4/c1-17-9-10-21(23(15-17)34-18(2)29)26(30)28(20-11-13-33-14-12-20)22-16-24(19-7-5-4-6-8-19)35-25(22)27(31)32-3;1-15-7-8-18(20(26)13-15)23(27)25(17-9-11-30-12-10-17)19-14-21(31-22(19)24(28)29)16-5-3-2-4-6-16;1-20-17(19)16-14(18-13-7-9-21-10-8-13)11-15(22-16)12-5-3-2-4-6-12;1-6-3-4-8(10(11)13)9(5-6)14-7(2)12;/h4-8,16-17,20-21,23H,9-15H2,1-3H3;2-6,14-15,17-18,20,26H,7-13H2,1H3,(H,28,29);2-6,11,13,18H,7-10H2,1H3;6,8-9H,3-5H2,1-2H3;1H4/t17-,21?,23+;15-,18?,20+;;6-,8-,9+;/m11.1./s1. The minimum absolute atomic E-state index is 0. The van der Waals surface area contributed by atoms with Crippen molar-refractivity contribution in [2.45, 2.75) is 175 Å². The summed E-state index contributed by atoms with van der Waals surface area (Å²) in [6.07, 6.45) is 9.80. The summed E-state index contributed by atoms with van der Waals surface area (Å²) in [6.45, 7) is 12.7. The SMILES string of the molecule is C.CC(=O)O[C@H]1C[C@H](C)CC[C@H]1C(=O)Cl.COC(=O)c1sc(-c2ccccc2)cc1N(C(=O)C1CC[C@@H](C)C[C@@H]1OC(C)=O)C1CCOCC1.COC(=O)c1sc(-c2ccccc2)cc1NC1CCOCC1.C[C@@H]1CCC(C(=O)N(c2cc(-c3ccccc3)sc2C(=O)O)C2CCOCC2)[C@@H](O)C1. The van der Waals surface area contributed by atoms with Gasteiger partial charge in [0.05, 0.1) is 55.1 Å². The van der Waals surface area contributed by atoms with Gasteiger partial charge in [-0.15, -0.1) is 34.0 Å². The third-order valence-corrected chi connectivity index (χ3v) is 23.5. The number of esters is 4. The molecule has 3 aromatic carbocycles. The summed E-state index contributed by atoms with van der Waals surface area (Å²) in [6, 6.07) is 35.4. The van der Waals surface area contributed by atoms with Crippen LogP contribution < -0.4 is 15.1 Å². The molecule has 12 rings (SSSR count). The van der Waals surface area contributed by atoms with Gasteiger partial charge in [-0.05, 0) is 161 Å². The van der Waals surface area contributed by atoms with Gasteiger partial charge in [0.25, 0.3) is 0 Å². The van der Waals surface area contributed by atoms with Crippen molar-refractivity contribution in [1.82, 2.24) is 0 Å². The van der Waals surface area contributed by atoms with E-state index in [-0.39, 0.29) is 71.4 Å². The zero-order valence-electron chi connectivity index (χ0n) is 59.2. The Balaban J connectivity index is 0.000000181. The van der Waals surface area contributed by atoms with Crippen molar-refractivity contribution in [2.24, 2.45) is 35.5 Å². The van der Waals surface area contributed by atoms with Crippen molar-refractivity contribution < 1.29 is 81.7 Å². The zero-order chi connectivity index (χ0) is 73.0. The fourth-order valence-electron chi connectivity index (χ4n) is 14.3. The maximum absolute atomic E-state index is 14.3. The Morgan fingerprint density at radius 2 is 0.854 bits per heavy atom. The number of carboxylic acids is 1. The first kappa shape index (κ1) is 81.3. The van der Waals surface area contributed by atoms with Crippen LogP contribution in [-0.2, 0) is 57.1 Å². The molecule has 3 saturated heterocycles. The number of ether oxygens (including phenoxy) is 7. The van der Waals surface area contributed by atoms with Crippen molar-refractivity contribution in [2.75, 3.05) is 69.0 Å². The van der Waals surface area contributed by atoms with Gasteiger partial charge in [0.2, 0.25) is 17.1 Å². The smallest absolute Gasteiger partial charge is 0.350 e. The summed E-state index contributed by atoms with van der Waals surface area (Å²) in [7, 11) is 2.77. The Kier molecular flexibility index (Phi) is 31.3. The predicted molar refractivity (Wildman–Crippen MR) is 403 cm³/mol. The first-order valence-corrected chi connectivity index (χ1v) is 38.3. The summed E-state index contributed by atoms with van der Waals surface area (Å²) >= 11 is 9.44. The summed E-state index contributed by atoms with van der Waals surface area (Å²) < 4.78 is 37.2. The number of aliphatic hydroxyl groups is 1. The lowest BCUT2D eigenvalue weighted by atomic mass is 9.79. The molecule has 558 valence electrons. The van der Waals surface area contributed by atoms with Gasteiger partial charge in [0.15, 0.2) is 0 Å². The molecule has 2 amide bonds. The molecular weight excluding hydrogens is 1390 g/mol. The molecule has 20 nitrogen and oxygen atoms in total. The number of aromatic carboxylic acids is 1. The van der Waals surface area contributed by atoms with Gasteiger partial charge in [-0.3, -0.25) is 24.0 Å². The highest BCUT2D eigenvalue weighted by Crippen LogP contribution is 2.45. The lowest BCUT2D eigenvalue weighted by Gasteiger charge is -2.40. The van der Waals surface area contributed by atoms with Crippen molar-refractivity contribution in [3.63, 3.8) is 0 Å². The molecule has 0 radical (unpaired) electrons. The van der Waals surface area contributed by atoms with Crippen molar-refractivity contribution in [3.05, 3.63) is 124 Å². The van der Waals surface area contributed by atoms with E-state index in [2.05, 4.69) is 26.1 Å². The van der Waals surface area contributed by atoms with Crippen molar-refractivity contribution in [3.8, 4) is 31.3 Å². The van der Waals surface area contributed by atoms with Gasteiger partial charge in [0, 0.05) is 86.2 Å². The number of anilines is 3. The topological polar surface area (TPSA) is 260 Å². The van der Waals surface area contributed by atoms with Gasteiger partial charge in [-0.25, -0.2) is 14.4 Å². The molecular formula is C79H100ClN3O17S3. The normalized spacial score (nSPS) is 22.9. The summed E-state index contributed by atoms with van der Waals surface area (Å²) in [4.78, 5) is 106. The first-order chi connectivity index (χ1) is 49.1. The van der Waals surface area contributed by atoms with Crippen LogP contribution in [0.1, 0.15) is 167 Å². The number of amides is 2. The van der Waals surface area contributed by atoms with Crippen LogP contribution in [0.5, 0.6) is 0 Å². The molecule has 3 saturated carbocycles. The monoisotopic (exact) mass is 1490 g/mol. The fraction of sp³-hybridized carbons (Fsp3) is 0.519. The van der Waals surface area contributed by atoms with Crippen molar-refractivity contribution >= 4 is 110 Å². The number of rotatable bonds is 17. The number of carbonyl (C=O) groups is 8. The van der Waals surface area contributed by atoms with Crippen LogP contribution in [0.4, 0.5) is 17.1 Å². The first-order valence-electron chi connectivity index (χ1n) is 35.5. The van der Waals surface area contributed by atoms with Gasteiger partial charge < -0.3 is 58.5 Å². The molecule has 0 bridgehead atoms. The number of thiophene rings is 3. The molecule has 2 unspecified atom stereocenters. The van der Waals surface area contributed by atoms with Crippen LogP contribution in [-0.4, -0.2) is 147 Å². The largest absolute Gasteiger partial charge is 0.477 e. The molecule has 0 spiro atoms. The molecule has 3 aliphatic heterocycles. The number of hydrogen-bond acceptors (Lipinski definition) is 20. The van der Waals surface area contributed by atoms with E-state index >= 15 is 0 Å². The summed E-state index contributed by atoms with van der Waals surface area (Å²) in [5.74, 6) is -2.79. The highest BCUT2D eigenvalue weighted by molar-refractivity contribution is 7.18. The van der Waals surface area contributed by atoms with E-state index in [1.165, 1.54) is 62.1 Å². The van der Waals surface area contributed by atoms with Gasteiger partial charge in [-0.2, -0.15) is 0 Å². The van der Waals surface area contributed by atoms with Crippen LogP contribution >= 0.6 is 45.6 Å². The van der Waals surface area contributed by atoms with E-state index < -0.39 is 36.0 Å². The Morgan fingerprint density at radius 1 is 0.485 bits per heavy atom. The van der Waals surface area contributed by atoms with E-state index in [9.17, 15) is 48.6 Å². The number of methoxy groups -OCH3 is 2. The van der Waals surface area contributed by atoms with Crippen LogP contribution in [0.15, 0.2) is 109 Å². The number of halogens is 1. The maximum Gasteiger partial charge on any atom is 0.350 e. The second-order valence-electron chi connectivity index (χ2n) is 27.3. The number of benzene rings is 3. The fourth-order valence-corrected chi connectivity index (χ4v) is 17.7. The minimum atomic E-state index is -1.04. The van der Waals surface area contributed by atoms with Crippen LogP contribution in [0.25, 0.3) is 31.3 Å². The number of aliphatic hydroxyl groups excluding tert-OH is 1. The Morgan fingerprint density at radius 3 is 1.28 bits per heavy atom. The zero-order valence-corrected chi connectivity index (χ0v) is 62.4. The molecule has 3 aromatic heterocycles. The van der Waals surface area contributed by atoms with Crippen LogP contribution in [0.2, 0.25) is 0 Å².